The maximum absolute atomic E-state index is 12.5. The first-order valence-electron chi connectivity index (χ1n) is 6.89. The first-order chi connectivity index (χ1) is 9.51. The third-order valence-electron chi connectivity index (χ3n) is 3.92. The van der Waals surface area contributed by atoms with Crippen LogP contribution in [0.2, 0.25) is 0 Å². The highest BCUT2D eigenvalue weighted by molar-refractivity contribution is 7.89. The van der Waals surface area contributed by atoms with Gasteiger partial charge in [0.05, 0.1) is 12.0 Å². The molecule has 0 unspecified atom stereocenters. The van der Waals surface area contributed by atoms with Crippen molar-refractivity contribution in [2.24, 2.45) is 5.73 Å². The molecule has 6 heteroatoms. The van der Waals surface area contributed by atoms with Crippen LogP contribution in [0.4, 0.5) is 0 Å². The summed E-state index contributed by atoms with van der Waals surface area (Å²) in [6.07, 6.45) is 4.79. The summed E-state index contributed by atoms with van der Waals surface area (Å²) in [5, 5.41) is 0. The summed E-state index contributed by atoms with van der Waals surface area (Å²) in [7, 11) is -1.99. The second-order valence-corrected chi connectivity index (χ2v) is 7.01. The van der Waals surface area contributed by atoms with Crippen LogP contribution in [0.3, 0.4) is 0 Å². The zero-order valence-electron chi connectivity index (χ0n) is 11.8. The Morgan fingerprint density at radius 3 is 2.30 bits per heavy atom. The fourth-order valence-electron chi connectivity index (χ4n) is 2.68. The van der Waals surface area contributed by atoms with E-state index in [4.69, 9.17) is 10.5 Å². The molecule has 0 heterocycles. The highest BCUT2D eigenvalue weighted by atomic mass is 32.2. The average molecular weight is 298 g/mol. The van der Waals surface area contributed by atoms with Crippen LogP contribution in [0.1, 0.15) is 32.1 Å². The van der Waals surface area contributed by atoms with Crippen LogP contribution >= 0.6 is 0 Å². The molecule has 1 aliphatic carbocycles. The van der Waals surface area contributed by atoms with Crippen molar-refractivity contribution in [3.63, 3.8) is 0 Å². The minimum absolute atomic E-state index is 0.247. The summed E-state index contributed by atoms with van der Waals surface area (Å²) in [6, 6.07) is 6.39. The molecule has 0 radical (unpaired) electrons. The van der Waals surface area contributed by atoms with Crippen LogP contribution in [0.5, 0.6) is 5.75 Å². The number of benzene rings is 1. The van der Waals surface area contributed by atoms with Gasteiger partial charge >= 0.3 is 0 Å². The molecule has 0 aromatic heterocycles. The number of hydrogen-bond donors (Lipinski definition) is 2. The molecule has 0 aliphatic heterocycles. The lowest BCUT2D eigenvalue weighted by atomic mass is 9.83. The Hall–Kier alpha value is -1.11. The number of rotatable bonds is 5. The molecule has 20 heavy (non-hydrogen) atoms. The van der Waals surface area contributed by atoms with Crippen LogP contribution in [0.25, 0.3) is 0 Å². The van der Waals surface area contributed by atoms with E-state index in [1.165, 1.54) is 0 Å². The van der Waals surface area contributed by atoms with E-state index in [1.54, 1.807) is 31.4 Å². The van der Waals surface area contributed by atoms with Gasteiger partial charge in [-0.05, 0) is 37.1 Å². The Balaban J connectivity index is 2.20. The molecule has 0 saturated heterocycles. The highest BCUT2D eigenvalue weighted by Crippen LogP contribution is 2.29. The van der Waals surface area contributed by atoms with E-state index in [2.05, 4.69) is 4.72 Å². The van der Waals surface area contributed by atoms with E-state index in [-0.39, 0.29) is 4.90 Å². The van der Waals surface area contributed by atoms with Crippen LogP contribution in [-0.4, -0.2) is 27.6 Å². The van der Waals surface area contributed by atoms with Crippen LogP contribution < -0.4 is 15.2 Å². The number of sulfonamides is 1. The predicted octanol–water partition coefficient (Wildman–Crippen LogP) is 1.64. The smallest absolute Gasteiger partial charge is 0.241 e. The standard InChI is InChI=1S/C14H22N2O3S/c1-19-12-5-7-13(8-6-12)20(17,18)16-14(11-15)9-3-2-4-10-14/h5-8,16H,2-4,9-11,15H2,1H3. The van der Waals surface area contributed by atoms with Crippen molar-refractivity contribution in [3.05, 3.63) is 24.3 Å². The number of methoxy groups -OCH3 is 1. The molecule has 0 spiro atoms. The van der Waals surface area contributed by atoms with Crippen molar-refractivity contribution >= 4 is 10.0 Å². The fraction of sp³-hybridized carbons (Fsp3) is 0.571. The second-order valence-electron chi connectivity index (χ2n) is 5.33. The van der Waals surface area contributed by atoms with Crippen molar-refractivity contribution in [2.45, 2.75) is 42.5 Å². The lowest BCUT2D eigenvalue weighted by Gasteiger charge is -2.36. The van der Waals surface area contributed by atoms with Gasteiger partial charge in [0.2, 0.25) is 10.0 Å². The minimum Gasteiger partial charge on any atom is -0.497 e. The fourth-order valence-corrected chi connectivity index (χ4v) is 4.14. The topological polar surface area (TPSA) is 81.4 Å². The molecule has 5 nitrogen and oxygen atoms in total. The van der Waals surface area contributed by atoms with Gasteiger partial charge in [-0.1, -0.05) is 19.3 Å². The number of hydrogen-bond acceptors (Lipinski definition) is 4. The molecule has 0 bridgehead atoms. The predicted molar refractivity (Wildman–Crippen MR) is 78.2 cm³/mol. The third kappa shape index (κ3) is 3.31. The summed E-state index contributed by atoms with van der Waals surface area (Å²) in [4.78, 5) is 0.247. The third-order valence-corrected chi connectivity index (χ3v) is 5.52. The van der Waals surface area contributed by atoms with E-state index in [0.717, 1.165) is 32.1 Å². The van der Waals surface area contributed by atoms with E-state index < -0.39 is 15.6 Å². The molecule has 1 fully saturated rings. The maximum atomic E-state index is 12.5. The van der Waals surface area contributed by atoms with Crippen LogP contribution in [0, 0.1) is 0 Å². The minimum atomic E-state index is -3.54. The summed E-state index contributed by atoms with van der Waals surface area (Å²) in [6.45, 7) is 0.336. The maximum Gasteiger partial charge on any atom is 0.241 e. The summed E-state index contributed by atoms with van der Waals surface area (Å²) < 4.78 is 32.8. The van der Waals surface area contributed by atoms with Crippen molar-refractivity contribution in [1.29, 1.82) is 0 Å². The van der Waals surface area contributed by atoms with Crippen molar-refractivity contribution in [1.82, 2.24) is 4.72 Å². The van der Waals surface area contributed by atoms with E-state index >= 15 is 0 Å². The molecule has 1 aliphatic rings. The molecule has 2 rings (SSSR count). The number of nitrogens with one attached hydrogen (secondary N) is 1. The Bertz CT molecular complexity index is 534. The SMILES string of the molecule is COc1ccc(S(=O)(=O)NC2(CN)CCCCC2)cc1. The molecular weight excluding hydrogens is 276 g/mol. The van der Waals surface area contributed by atoms with Crippen molar-refractivity contribution in [3.8, 4) is 5.75 Å². The summed E-state index contributed by atoms with van der Waals surface area (Å²) >= 11 is 0. The quantitative estimate of drug-likeness (QED) is 0.866. The molecular formula is C14H22N2O3S. The molecule has 0 atom stereocenters. The van der Waals surface area contributed by atoms with E-state index in [0.29, 0.717) is 12.3 Å². The lowest BCUT2D eigenvalue weighted by Crippen LogP contribution is -2.54. The Labute approximate surface area is 120 Å². The van der Waals surface area contributed by atoms with Crippen molar-refractivity contribution < 1.29 is 13.2 Å². The normalized spacial score (nSPS) is 18.7. The van der Waals surface area contributed by atoms with Crippen LogP contribution in [0.15, 0.2) is 29.2 Å². The van der Waals surface area contributed by atoms with Gasteiger partial charge in [0, 0.05) is 12.1 Å². The van der Waals surface area contributed by atoms with Gasteiger partial charge in [-0.25, -0.2) is 13.1 Å². The Morgan fingerprint density at radius 2 is 1.80 bits per heavy atom. The zero-order valence-corrected chi connectivity index (χ0v) is 12.6. The van der Waals surface area contributed by atoms with Gasteiger partial charge in [-0.2, -0.15) is 0 Å². The van der Waals surface area contributed by atoms with E-state index in [1.807, 2.05) is 0 Å². The van der Waals surface area contributed by atoms with Crippen LogP contribution in [-0.2, 0) is 10.0 Å². The first-order valence-corrected chi connectivity index (χ1v) is 8.38. The zero-order chi connectivity index (χ0) is 14.6. The molecule has 112 valence electrons. The average Bonchev–Trinajstić information content (AvgIpc) is 2.48. The summed E-state index contributed by atoms with van der Waals surface area (Å²) in [5.41, 5.74) is 5.33. The molecule has 0 amide bonds. The summed E-state index contributed by atoms with van der Waals surface area (Å²) in [5.74, 6) is 0.634. The largest absolute Gasteiger partial charge is 0.497 e. The first kappa shape index (κ1) is 15.3. The monoisotopic (exact) mass is 298 g/mol. The molecule has 1 aromatic rings. The molecule has 1 saturated carbocycles. The number of nitrogens with two attached hydrogens (primary N) is 1. The number of ether oxygens (including phenoxy) is 1. The van der Waals surface area contributed by atoms with Gasteiger partial charge in [0.1, 0.15) is 5.75 Å². The van der Waals surface area contributed by atoms with Gasteiger partial charge in [0.15, 0.2) is 0 Å². The Kier molecular flexibility index (Phi) is 4.67. The molecule has 3 N–H and O–H groups in total. The van der Waals surface area contributed by atoms with Gasteiger partial charge < -0.3 is 10.5 Å². The second kappa shape index (κ2) is 6.11. The highest BCUT2D eigenvalue weighted by Gasteiger charge is 2.35. The lowest BCUT2D eigenvalue weighted by molar-refractivity contribution is 0.276. The van der Waals surface area contributed by atoms with Crippen molar-refractivity contribution in [2.75, 3.05) is 13.7 Å². The molecule has 1 aromatic carbocycles. The van der Waals surface area contributed by atoms with Gasteiger partial charge in [-0.15, -0.1) is 0 Å². The van der Waals surface area contributed by atoms with Gasteiger partial charge in [0.25, 0.3) is 0 Å². The van der Waals surface area contributed by atoms with E-state index in [9.17, 15) is 8.42 Å². The van der Waals surface area contributed by atoms with Gasteiger partial charge in [-0.3, -0.25) is 0 Å². The Morgan fingerprint density at radius 1 is 1.20 bits per heavy atom.